The maximum absolute atomic E-state index is 12.2. The molecule has 18 heavy (non-hydrogen) atoms. The molecule has 1 aromatic rings. The van der Waals surface area contributed by atoms with Crippen molar-refractivity contribution >= 4 is 11.9 Å². The molecule has 2 rings (SSSR count). The molecule has 0 bridgehead atoms. The lowest BCUT2D eigenvalue weighted by Crippen LogP contribution is -2.37. The van der Waals surface area contributed by atoms with E-state index in [0.29, 0.717) is 0 Å². The molecular formula is C13H17NO4. The Morgan fingerprint density at radius 3 is 2.61 bits per heavy atom. The average molecular weight is 251 g/mol. The highest BCUT2D eigenvalue weighted by atomic mass is 16.4. The van der Waals surface area contributed by atoms with Crippen LogP contribution in [0.2, 0.25) is 0 Å². The summed E-state index contributed by atoms with van der Waals surface area (Å²) >= 11 is 0. The van der Waals surface area contributed by atoms with E-state index in [2.05, 4.69) is 0 Å². The first-order chi connectivity index (χ1) is 8.52. The fraction of sp³-hybridized carbons (Fsp3) is 0.538. The summed E-state index contributed by atoms with van der Waals surface area (Å²) in [6, 6.07) is 1.75. The molecule has 5 nitrogen and oxygen atoms in total. The lowest BCUT2D eigenvalue weighted by atomic mass is 10.2. The smallest absolute Gasteiger partial charge is 0.323 e. The fourth-order valence-corrected chi connectivity index (χ4v) is 2.02. The number of aryl methyl sites for hydroxylation is 2. The summed E-state index contributed by atoms with van der Waals surface area (Å²) in [5.41, 5.74) is 0.937. The van der Waals surface area contributed by atoms with Crippen LogP contribution in [0.4, 0.5) is 0 Å². The van der Waals surface area contributed by atoms with Crippen LogP contribution < -0.4 is 0 Å². The Balaban J connectivity index is 2.18. The minimum Gasteiger partial charge on any atom is -0.480 e. The van der Waals surface area contributed by atoms with Crippen molar-refractivity contribution in [1.29, 1.82) is 0 Å². The normalized spacial score (nSPS) is 14.6. The van der Waals surface area contributed by atoms with E-state index in [-0.39, 0.29) is 24.3 Å². The van der Waals surface area contributed by atoms with Gasteiger partial charge in [0.2, 0.25) is 0 Å². The summed E-state index contributed by atoms with van der Waals surface area (Å²) in [5, 5.41) is 8.84. The van der Waals surface area contributed by atoms with Crippen LogP contribution >= 0.6 is 0 Å². The first kappa shape index (κ1) is 12.7. The van der Waals surface area contributed by atoms with Crippen LogP contribution in [0.5, 0.6) is 0 Å². The Morgan fingerprint density at radius 2 is 2.17 bits per heavy atom. The molecule has 1 N–H and O–H groups in total. The lowest BCUT2D eigenvalue weighted by Gasteiger charge is -2.18. The minimum absolute atomic E-state index is 0.0593. The summed E-state index contributed by atoms with van der Waals surface area (Å²) in [5.74, 6) is -0.279. The maximum atomic E-state index is 12.2. The third-order valence-corrected chi connectivity index (χ3v) is 3.11. The van der Waals surface area contributed by atoms with Crippen molar-refractivity contribution in [2.75, 3.05) is 6.54 Å². The number of nitrogens with zero attached hydrogens (tertiary/aromatic N) is 1. The minimum atomic E-state index is -0.991. The van der Waals surface area contributed by atoms with Crippen molar-refractivity contribution in [3.05, 3.63) is 23.2 Å². The van der Waals surface area contributed by atoms with E-state index >= 15 is 0 Å². The van der Waals surface area contributed by atoms with Crippen molar-refractivity contribution in [2.45, 2.75) is 39.2 Å². The number of carbonyl (C=O) groups is 2. The summed E-state index contributed by atoms with van der Waals surface area (Å²) in [6.45, 7) is 3.58. The Bertz CT molecular complexity index is 473. The first-order valence-electron chi connectivity index (χ1n) is 6.15. The highest BCUT2D eigenvalue weighted by Crippen LogP contribution is 2.29. The van der Waals surface area contributed by atoms with Gasteiger partial charge < -0.3 is 14.4 Å². The lowest BCUT2D eigenvalue weighted by molar-refractivity contribution is -0.137. The van der Waals surface area contributed by atoms with Gasteiger partial charge in [0, 0.05) is 12.5 Å². The quantitative estimate of drug-likeness (QED) is 0.866. The van der Waals surface area contributed by atoms with E-state index in [1.54, 1.807) is 6.07 Å². The number of furan rings is 1. The van der Waals surface area contributed by atoms with Crippen molar-refractivity contribution in [3.63, 3.8) is 0 Å². The zero-order chi connectivity index (χ0) is 13.3. The molecule has 0 aliphatic heterocycles. The molecule has 98 valence electrons. The molecule has 0 saturated heterocycles. The highest BCUT2D eigenvalue weighted by molar-refractivity contribution is 5.94. The van der Waals surface area contributed by atoms with Gasteiger partial charge in [-0.25, -0.2) is 0 Å². The highest BCUT2D eigenvalue weighted by Gasteiger charge is 2.35. The standard InChI is InChI=1S/C13H17NO4/c1-3-10-8(2)6-11(18-10)13(17)14(7-12(15)16)9-4-5-9/h6,9H,3-5,7H2,1-2H3,(H,15,16). The number of carbonyl (C=O) groups excluding carboxylic acids is 1. The zero-order valence-electron chi connectivity index (χ0n) is 10.6. The SMILES string of the molecule is CCc1oc(C(=O)N(CC(=O)O)C2CC2)cc1C. The van der Waals surface area contributed by atoms with Crippen LogP contribution in [0.1, 0.15) is 41.6 Å². The molecule has 1 fully saturated rings. The van der Waals surface area contributed by atoms with Crippen LogP contribution in [0.15, 0.2) is 10.5 Å². The predicted molar refractivity (Wildman–Crippen MR) is 64.5 cm³/mol. The molecule has 1 aromatic heterocycles. The molecule has 0 radical (unpaired) electrons. The van der Waals surface area contributed by atoms with Crippen LogP contribution in [-0.2, 0) is 11.2 Å². The van der Waals surface area contributed by atoms with Gasteiger partial charge in [0.05, 0.1) is 0 Å². The van der Waals surface area contributed by atoms with E-state index in [1.807, 2.05) is 13.8 Å². The molecule has 1 aliphatic rings. The van der Waals surface area contributed by atoms with Crippen LogP contribution in [0.25, 0.3) is 0 Å². The molecule has 0 unspecified atom stereocenters. The number of carboxylic acid groups (broad SMARTS) is 1. The molecule has 1 saturated carbocycles. The Hall–Kier alpha value is -1.78. The van der Waals surface area contributed by atoms with Gasteiger partial charge in [0.15, 0.2) is 5.76 Å². The number of aliphatic carboxylic acids is 1. The number of hydrogen-bond donors (Lipinski definition) is 1. The van der Waals surface area contributed by atoms with Gasteiger partial charge in [-0.05, 0) is 31.4 Å². The van der Waals surface area contributed by atoms with E-state index in [4.69, 9.17) is 9.52 Å². The van der Waals surface area contributed by atoms with Gasteiger partial charge in [-0.3, -0.25) is 9.59 Å². The van der Waals surface area contributed by atoms with E-state index < -0.39 is 5.97 Å². The van der Waals surface area contributed by atoms with Gasteiger partial charge in [0.1, 0.15) is 12.3 Å². The molecule has 0 aromatic carbocycles. The fourth-order valence-electron chi connectivity index (χ4n) is 2.02. The van der Waals surface area contributed by atoms with Gasteiger partial charge in [0.25, 0.3) is 5.91 Å². The topological polar surface area (TPSA) is 70.8 Å². The number of hydrogen-bond acceptors (Lipinski definition) is 3. The molecule has 1 heterocycles. The average Bonchev–Trinajstić information content (AvgIpc) is 3.08. The third-order valence-electron chi connectivity index (χ3n) is 3.11. The summed E-state index contributed by atoms with van der Waals surface area (Å²) in [7, 11) is 0. The second-order valence-corrected chi connectivity index (χ2v) is 4.63. The van der Waals surface area contributed by atoms with Gasteiger partial charge >= 0.3 is 5.97 Å². The first-order valence-corrected chi connectivity index (χ1v) is 6.15. The van der Waals surface area contributed by atoms with Gasteiger partial charge in [-0.2, -0.15) is 0 Å². The van der Waals surface area contributed by atoms with Crippen LogP contribution in [-0.4, -0.2) is 34.5 Å². The predicted octanol–water partition coefficient (Wildman–Crippen LogP) is 1.84. The van der Waals surface area contributed by atoms with Crippen LogP contribution in [0.3, 0.4) is 0 Å². The Kier molecular flexibility index (Phi) is 3.41. The second-order valence-electron chi connectivity index (χ2n) is 4.63. The molecule has 1 amide bonds. The molecule has 0 spiro atoms. The van der Waals surface area contributed by atoms with E-state index in [9.17, 15) is 9.59 Å². The summed E-state index contributed by atoms with van der Waals surface area (Å²) in [6.07, 6.45) is 2.47. The van der Waals surface area contributed by atoms with Gasteiger partial charge in [-0.15, -0.1) is 0 Å². The Morgan fingerprint density at radius 1 is 1.50 bits per heavy atom. The Labute approximate surface area is 105 Å². The molecule has 1 aliphatic carbocycles. The van der Waals surface area contributed by atoms with Gasteiger partial charge in [-0.1, -0.05) is 6.92 Å². The van der Waals surface area contributed by atoms with Crippen molar-refractivity contribution < 1.29 is 19.1 Å². The maximum Gasteiger partial charge on any atom is 0.323 e. The van der Waals surface area contributed by atoms with Crippen molar-refractivity contribution in [3.8, 4) is 0 Å². The summed E-state index contributed by atoms with van der Waals surface area (Å²) < 4.78 is 5.48. The molecular weight excluding hydrogens is 234 g/mol. The van der Waals surface area contributed by atoms with Crippen LogP contribution in [0, 0.1) is 6.92 Å². The molecule has 0 atom stereocenters. The third kappa shape index (κ3) is 2.55. The number of carboxylic acids is 1. The largest absolute Gasteiger partial charge is 0.480 e. The van der Waals surface area contributed by atoms with E-state index in [1.165, 1.54) is 4.90 Å². The van der Waals surface area contributed by atoms with Crippen molar-refractivity contribution in [2.24, 2.45) is 0 Å². The monoisotopic (exact) mass is 251 g/mol. The van der Waals surface area contributed by atoms with E-state index in [0.717, 1.165) is 30.6 Å². The molecule has 5 heteroatoms. The number of rotatable bonds is 5. The summed E-state index contributed by atoms with van der Waals surface area (Å²) in [4.78, 5) is 24.4. The van der Waals surface area contributed by atoms with Crippen molar-refractivity contribution in [1.82, 2.24) is 4.90 Å². The number of amides is 1. The second kappa shape index (κ2) is 4.84. The zero-order valence-corrected chi connectivity index (χ0v) is 10.6.